The summed E-state index contributed by atoms with van der Waals surface area (Å²) in [5.41, 5.74) is -0.534. The Balaban J connectivity index is 3.30. The van der Waals surface area contributed by atoms with Crippen LogP contribution in [0.3, 0.4) is 0 Å². The molecule has 0 radical (unpaired) electrons. The molecule has 0 saturated carbocycles. The molecule has 0 spiro atoms. The number of hydrogen-bond donors (Lipinski definition) is 0. The first-order chi connectivity index (χ1) is 7.45. The lowest BCUT2D eigenvalue weighted by Crippen LogP contribution is -2.05. The van der Waals surface area contributed by atoms with Crippen LogP contribution in [0.1, 0.15) is 6.92 Å². The fourth-order valence-electron chi connectivity index (χ4n) is 1.06. The Hall–Kier alpha value is -2.18. The third-order valence-corrected chi connectivity index (χ3v) is 1.68. The summed E-state index contributed by atoms with van der Waals surface area (Å²) in [6.07, 6.45) is 0. The second-order valence-corrected chi connectivity index (χ2v) is 2.81. The van der Waals surface area contributed by atoms with Gasteiger partial charge in [0, 0.05) is 13.0 Å². The molecule has 86 valence electrons. The zero-order valence-corrected chi connectivity index (χ0v) is 8.52. The number of esters is 1. The van der Waals surface area contributed by atoms with Crippen LogP contribution in [-0.4, -0.2) is 18.0 Å². The second-order valence-electron chi connectivity index (χ2n) is 2.81. The van der Waals surface area contributed by atoms with Gasteiger partial charge in [0.15, 0.2) is 11.6 Å². The van der Waals surface area contributed by atoms with E-state index in [-0.39, 0.29) is 5.75 Å². The number of nitro groups is 1. The van der Waals surface area contributed by atoms with Gasteiger partial charge in [0.25, 0.3) is 0 Å². The van der Waals surface area contributed by atoms with E-state index in [0.29, 0.717) is 0 Å². The average molecular weight is 229 g/mol. The lowest BCUT2D eigenvalue weighted by molar-refractivity contribution is -0.385. The molecular weight excluding hydrogens is 221 g/mol. The van der Waals surface area contributed by atoms with Gasteiger partial charge in [-0.3, -0.25) is 14.9 Å². The molecule has 0 aliphatic rings. The summed E-state index contributed by atoms with van der Waals surface area (Å²) in [5, 5.41) is 10.6. The molecule has 0 bridgehead atoms. The minimum absolute atomic E-state index is 0.289. The Bertz CT molecular complexity index is 446. The summed E-state index contributed by atoms with van der Waals surface area (Å²) in [5.74, 6) is -2.35. The topological polar surface area (TPSA) is 78.7 Å². The molecule has 0 aliphatic carbocycles. The van der Waals surface area contributed by atoms with Crippen LogP contribution in [0.2, 0.25) is 0 Å². The number of methoxy groups -OCH3 is 1. The lowest BCUT2D eigenvalue weighted by Gasteiger charge is -2.05. The lowest BCUT2D eigenvalue weighted by atomic mass is 10.2. The summed E-state index contributed by atoms with van der Waals surface area (Å²) < 4.78 is 22.3. The maximum absolute atomic E-state index is 13.2. The highest BCUT2D eigenvalue weighted by atomic mass is 19.1. The van der Waals surface area contributed by atoms with Gasteiger partial charge in [-0.15, -0.1) is 0 Å². The van der Waals surface area contributed by atoms with Crippen LogP contribution < -0.4 is 9.47 Å². The van der Waals surface area contributed by atoms with E-state index in [2.05, 4.69) is 9.47 Å². The monoisotopic (exact) mass is 229 g/mol. The van der Waals surface area contributed by atoms with Crippen molar-refractivity contribution in [2.45, 2.75) is 6.92 Å². The largest absolute Gasteiger partial charge is 0.493 e. The molecule has 0 unspecified atom stereocenters. The number of halogens is 1. The van der Waals surface area contributed by atoms with Crippen molar-refractivity contribution in [3.05, 3.63) is 28.1 Å². The zero-order valence-electron chi connectivity index (χ0n) is 8.52. The number of rotatable bonds is 3. The molecule has 0 atom stereocenters. The predicted octanol–water partition coefficient (Wildman–Crippen LogP) is 1.67. The molecule has 0 N–H and O–H groups in total. The van der Waals surface area contributed by atoms with Crippen molar-refractivity contribution in [3.63, 3.8) is 0 Å². The molecule has 0 fully saturated rings. The second kappa shape index (κ2) is 4.56. The normalized spacial score (nSPS) is 9.69. The fourth-order valence-corrected chi connectivity index (χ4v) is 1.06. The van der Waals surface area contributed by atoms with E-state index in [0.717, 1.165) is 19.1 Å². The molecule has 0 aliphatic heterocycles. The Morgan fingerprint density at radius 2 is 2.06 bits per heavy atom. The molecule has 0 saturated heterocycles. The first-order valence-electron chi connectivity index (χ1n) is 4.16. The van der Waals surface area contributed by atoms with Crippen molar-refractivity contribution < 1.29 is 23.6 Å². The zero-order chi connectivity index (χ0) is 12.3. The number of benzene rings is 1. The Morgan fingerprint density at radius 1 is 1.44 bits per heavy atom. The van der Waals surface area contributed by atoms with Crippen molar-refractivity contribution in [1.29, 1.82) is 0 Å². The minimum Gasteiger partial charge on any atom is -0.493 e. The van der Waals surface area contributed by atoms with E-state index in [1.165, 1.54) is 7.11 Å². The van der Waals surface area contributed by atoms with E-state index in [1.54, 1.807) is 0 Å². The van der Waals surface area contributed by atoms with Gasteiger partial charge in [-0.1, -0.05) is 0 Å². The Kier molecular flexibility index (Phi) is 3.39. The molecular formula is C9H8FNO5. The number of nitrogens with zero attached hydrogens (tertiary/aromatic N) is 1. The van der Waals surface area contributed by atoms with Crippen LogP contribution in [0.4, 0.5) is 10.1 Å². The van der Waals surface area contributed by atoms with Crippen molar-refractivity contribution in [2.75, 3.05) is 7.11 Å². The third kappa shape index (κ3) is 2.44. The quantitative estimate of drug-likeness (QED) is 0.341. The summed E-state index contributed by atoms with van der Waals surface area (Å²) in [4.78, 5) is 20.5. The number of hydrogen-bond acceptors (Lipinski definition) is 5. The van der Waals surface area contributed by atoms with Crippen molar-refractivity contribution >= 4 is 11.7 Å². The van der Waals surface area contributed by atoms with E-state index >= 15 is 0 Å². The van der Waals surface area contributed by atoms with Gasteiger partial charge in [-0.05, 0) is 0 Å². The van der Waals surface area contributed by atoms with E-state index in [4.69, 9.17) is 0 Å². The molecule has 0 amide bonds. The van der Waals surface area contributed by atoms with Crippen LogP contribution in [0.15, 0.2) is 12.1 Å². The van der Waals surface area contributed by atoms with Gasteiger partial charge in [0.1, 0.15) is 0 Å². The van der Waals surface area contributed by atoms with E-state index in [1.807, 2.05) is 0 Å². The molecule has 7 heteroatoms. The van der Waals surface area contributed by atoms with Gasteiger partial charge < -0.3 is 9.47 Å². The fraction of sp³-hybridized carbons (Fsp3) is 0.222. The standard InChI is InChI=1S/C9H8FNO5/c1-5(12)16-9-3-6(10)8(15-2)4-7(9)11(13)14/h3-4H,1-2H3. The SMILES string of the molecule is COc1cc([N+](=O)[O-])c(OC(C)=O)cc1F. The molecule has 1 aromatic rings. The van der Waals surface area contributed by atoms with Crippen LogP contribution in [0.25, 0.3) is 0 Å². The first kappa shape index (κ1) is 11.9. The van der Waals surface area contributed by atoms with Crippen LogP contribution in [0.5, 0.6) is 11.5 Å². The van der Waals surface area contributed by atoms with Crippen LogP contribution in [-0.2, 0) is 4.79 Å². The van der Waals surface area contributed by atoms with E-state index < -0.39 is 28.1 Å². The highest BCUT2D eigenvalue weighted by Gasteiger charge is 2.21. The molecule has 6 nitrogen and oxygen atoms in total. The third-order valence-electron chi connectivity index (χ3n) is 1.68. The molecule has 1 aromatic carbocycles. The van der Waals surface area contributed by atoms with Gasteiger partial charge in [0.2, 0.25) is 5.75 Å². The van der Waals surface area contributed by atoms with Crippen LogP contribution in [0, 0.1) is 15.9 Å². The van der Waals surface area contributed by atoms with Gasteiger partial charge in [0.05, 0.1) is 18.1 Å². The number of carbonyl (C=O) groups excluding carboxylic acids is 1. The number of ether oxygens (including phenoxy) is 2. The summed E-state index contributed by atoms with van der Waals surface area (Å²) >= 11 is 0. The van der Waals surface area contributed by atoms with Gasteiger partial charge in [-0.2, -0.15) is 0 Å². The summed E-state index contributed by atoms with van der Waals surface area (Å²) in [6.45, 7) is 1.06. The Labute approximate surface area is 89.7 Å². The average Bonchev–Trinajstić information content (AvgIpc) is 2.16. The van der Waals surface area contributed by atoms with Crippen molar-refractivity contribution in [2.24, 2.45) is 0 Å². The Morgan fingerprint density at radius 3 is 2.50 bits per heavy atom. The van der Waals surface area contributed by atoms with E-state index in [9.17, 15) is 19.3 Å². The number of nitro benzene ring substituents is 1. The highest BCUT2D eigenvalue weighted by Crippen LogP contribution is 2.33. The van der Waals surface area contributed by atoms with Crippen LogP contribution >= 0.6 is 0 Å². The number of carbonyl (C=O) groups is 1. The smallest absolute Gasteiger partial charge is 0.315 e. The summed E-state index contributed by atoms with van der Waals surface area (Å²) in [6, 6.07) is 1.59. The molecule has 1 rings (SSSR count). The first-order valence-corrected chi connectivity index (χ1v) is 4.16. The molecule has 0 aromatic heterocycles. The van der Waals surface area contributed by atoms with Crippen molar-refractivity contribution in [1.82, 2.24) is 0 Å². The maximum Gasteiger partial charge on any atom is 0.315 e. The minimum atomic E-state index is -0.843. The van der Waals surface area contributed by atoms with Gasteiger partial charge in [-0.25, -0.2) is 4.39 Å². The highest BCUT2D eigenvalue weighted by molar-refractivity contribution is 5.71. The predicted molar refractivity (Wildman–Crippen MR) is 50.9 cm³/mol. The maximum atomic E-state index is 13.2. The van der Waals surface area contributed by atoms with Gasteiger partial charge >= 0.3 is 11.7 Å². The molecule has 16 heavy (non-hydrogen) atoms. The molecule has 0 heterocycles. The van der Waals surface area contributed by atoms with Crippen molar-refractivity contribution in [3.8, 4) is 11.5 Å². The summed E-state index contributed by atoms with van der Waals surface area (Å²) in [7, 11) is 1.17.